The molecule has 2 aromatic carbocycles. The molecule has 1 heterocycles. The number of carbonyl (C=O) groups is 1. The SMILES string of the molecule is Cc1ccc(-c2csc(N(CCC[NH+](C)C)C(=O)COc3ccccc3)n2)cc1. The first-order valence-corrected chi connectivity index (χ1v) is 10.7. The second-order valence-corrected chi connectivity index (χ2v) is 8.18. The van der Waals surface area contributed by atoms with Crippen molar-refractivity contribution >= 4 is 22.4 Å². The largest absolute Gasteiger partial charge is 0.484 e. The van der Waals surface area contributed by atoms with E-state index in [9.17, 15) is 4.79 Å². The smallest absolute Gasteiger partial charge is 0.266 e. The highest BCUT2D eigenvalue weighted by molar-refractivity contribution is 7.14. The molecule has 0 aliphatic carbocycles. The van der Waals surface area contributed by atoms with Crippen molar-refractivity contribution in [3.63, 3.8) is 0 Å². The molecule has 5 nitrogen and oxygen atoms in total. The molecule has 3 aromatic rings. The van der Waals surface area contributed by atoms with Crippen molar-refractivity contribution in [1.82, 2.24) is 4.98 Å². The number of anilines is 1. The zero-order valence-corrected chi connectivity index (χ0v) is 18.0. The Morgan fingerprint density at radius 2 is 1.83 bits per heavy atom. The molecule has 1 N–H and O–H groups in total. The Morgan fingerprint density at radius 1 is 1.10 bits per heavy atom. The summed E-state index contributed by atoms with van der Waals surface area (Å²) in [5.74, 6) is 0.616. The number of hydrogen-bond acceptors (Lipinski definition) is 4. The van der Waals surface area contributed by atoms with Gasteiger partial charge in [-0.25, -0.2) is 4.98 Å². The van der Waals surface area contributed by atoms with E-state index < -0.39 is 0 Å². The summed E-state index contributed by atoms with van der Waals surface area (Å²) in [5.41, 5.74) is 3.17. The van der Waals surface area contributed by atoms with Crippen LogP contribution in [0.2, 0.25) is 0 Å². The third kappa shape index (κ3) is 6.14. The fourth-order valence-corrected chi connectivity index (χ4v) is 3.78. The van der Waals surface area contributed by atoms with E-state index in [4.69, 9.17) is 9.72 Å². The number of ether oxygens (including phenoxy) is 1. The van der Waals surface area contributed by atoms with Crippen molar-refractivity contribution in [2.45, 2.75) is 13.3 Å². The van der Waals surface area contributed by atoms with Gasteiger partial charge in [0.15, 0.2) is 11.7 Å². The Morgan fingerprint density at radius 3 is 2.52 bits per heavy atom. The molecule has 6 heteroatoms. The van der Waals surface area contributed by atoms with Gasteiger partial charge in [-0.05, 0) is 19.1 Å². The summed E-state index contributed by atoms with van der Waals surface area (Å²) in [6.07, 6.45) is 0.902. The van der Waals surface area contributed by atoms with Gasteiger partial charge in [-0.1, -0.05) is 48.0 Å². The van der Waals surface area contributed by atoms with Crippen molar-refractivity contribution < 1.29 is 14.4 Å². The number of carbonyl (C=O) groups excluding carboxylic acids is 1. The molecule has 0 saturated carbocycles. The number of quaternary nitrogens is 1. The number of amides is 1. The number of benzene rings is 2. The van der Waals surface area contributed by atoms with Crippen LogP contribution in [0.3, 0.4) is 0 Å². The number of rotatable bonds is 9. The van der Waals surface area contributed by atoms with Gasteiger partial charge in [-0.3, -0.25) is 9.69 Å². The minimum absolute atomic E-state index is 0.00171. The Labute approximate surface area is 176 Å². The van der Waals surface area contributed by atoms with Gasteiger partial charge in [0.2, 0.25) is 0 Å². The highest BCUT2D eigenvalue weighted by Gasteiger charge is 2.20. The molecule has 0 aliphatic heterocycles. The minimum Gasteiger partial charge on any atom is -0.484 e. The summed E-state index contributed by atoms with van der Waals surface area (Å²) in [7, 11) is 4.23. The van der Waals surface area contributed by atoms with Crippen molar-refractivity contribution in [3.8, 4) is 17.0 Å². The lowest BCUT2D eigenvalue weighted by molar-refractivity contribution is -0.858. The zero-order valence-electron chi connectivity index (χ0n) is 17.2. The second-order valence-electron chi connectivity index (χ2n) is 7.34. The molecule has 1 aromatic heterocycles. The molecule has 0 saturated heterocycles. The van der Waals surface area contributed by atoms with Gasteiger partial charge in [0.05, 0.1) is 26.3 Å². The van der Waals surface area contributed by atoms with Crippen LogP contribution < -0.4 is 14.5 Å². The summed E-state index contributed by atoms with van der Waals surface area (Å²) in [5, 5.41) is 2.73. The topological polar surface area (TPSA) is 46.9 Å². The van der Waals surface area contributed by atoms with E-state index in [2.05, 4.69) is 45.3 Å². The lowest BCUT2D eigenvalue weighted by Crippen LogP contribution is -3.05. The number of aryl methyl sites for hydroxylation is 1. The lowest BCUT2D eigenvalue weighted by Gasteiger charge is -2.20. The maximum atomic E-state index is 12.9. The maximum Gasteiger partial charge on any atom is 0.266 e. The van der Waals surface area contributed by atoms with Gasteiger partial charge in [-0.15, -0.1) is 11.3 Å². The number of nitrogens with zero attached hydrogens (tertiary/aromatic N) is 2. The van der Waals surface area contributed by atoms with Crippen LogP contribution in [-0.4, -0.2) is 44.7 Å². The minimum atomic E-state index is -0.0765. The van der Waals surface area contributed by atoms with Crippen LogP contribution in [0, 0.1) is 6.92 Å². The standard InChI is InChI=1S/C23H27N3O2S/c1-18-10-12-19(13-11-18)21-17-29-23(24-21)26(15-7-14-25(2)3)22(27)16-28-20-8-5-4-6-9-20/h4-6,8-13,17H,7,14-16H2,1-3H3/p+1. The predicted octanol–water partition coefficient (Wildman–Crippen LogP) is 3.07. The normalized spacial score (nSPS) is 10.9. The third-order valence-corrected chi connectivity index (χ3v) is 5.40. The molecule has 152 valence electrons. The van der Waals surface area contributed by atoms with E-state index in [0.717, 1.165) is 29.4 Å². The third-order valence-electron chi connectivity index (χ3n) is 4.54. The van der Waals surface area contributed by atoms with E-state index >= 15 is 0 Å². The average molecular weight is 411 g/mol. The molecule has 0 unspecified atom stereocenters. The molecule has 0 aliphatic rings. The fourth-order valence-electron chi connectivity index (χ4n) is 2.90. The van der Waals surface area contributed by atoms with Crippen LogP contribution in [0.1, 0.15) is 12.0 Å². The quantitative estimate of drug-likeness (QED) is 0.590. The van der Waals surface area contributed by atoms with Gasteiger partial charge in [0, 0.05) is 23.9 Å². The van der Waals surface area contributed by atoms with Crippen molar-refractivity contribution in [2.75, 3.05) is 38.7 Å². The highest BCUT2D eigenvalue weighted by Crippen LogP contribution is 2.28. The maximum absolute atomic E-state index is 12.9. The molecule has 0 atom stereocenters. The van der Waals surface area contributed by atoms with E-state index in [1.54, 1.807) is 4.90 Å². The number of nitrogens with one attached hydrogen (secondary N) is 1. The summed E-state index contributed by atoms with van der Waals surface area (Å²) < 4.78 is 5.68. The average Bonchev–Trinajstić information content (AvgIpc) is 3.20. The molecular formula is C23H28N3O2S+. The fraction of sp³-hybridized carbons (Fsp3) is 0.304. The Kier molecular flexibility index (Phi) is 7.38. The molecule has 0 bridgehead atoms. The van der Waals surface area contributed by atoms with Crippen LogP contribution in [0.5, 0.6) is 5.75 Å². The number of aromatic nitrogens is 1. The Bertz CT molecular complexity index is 907. The Balaban J connectivity index is 1.73. The first kappa shape index (κ1) is 21.0. The van der Waals surface area contributed by atoms with Gasteiger partial charge in [0.1, 0.15) is 5.75 Å². The van der Waals surface area contributed by atoms with Crippen molar-refractivity contribution in [3.05, 3.63) is 65.5 Å². The number of thiazole rings is 1. The summed E-state index contributed by atoms with van der Waals surface area (Å²) in [6, 6.07) is 17.7. The van der Waals surface area contributed by atoms with Crippen LogP contribution >= 0.6 is 11.3 Å². The summed E-state index contributed by atoms with van der Waals surface area (Å²) >= 11 is 1.50. The molecule has 3 rings (SSSR count). The van der Waals surface area contributed by atoms with Gasteiger partial charge in [0.25, 0.3) is 5.91 Å². The second kappa shape index (κ2) is 10.2. The molecule has 0 radical (unpaired) electrons. The monoisotopic (exact) mass is 410 g/mol. The Hall–Kier alpha value is -2.70. The first-order valence-electron chi connectivity index (χ1n) is 9.83. The zero-order chi connectivity index (χ0) is 20.6. The molecule has 29 heavy (non-hydrogen) atoms. The molecule has 0 spiro atoms. The molecule has 1 amide bonds. The molecule has 0 fully saturated rings. The van der Waals surface area contributed by atoms with E-state index in [1.165, 1.54) is 21.8 Å². The van der Waals surface area contributed by atoms with E-state index in [1.807, 2.05) is 35.7 Å². The highest BCUT2D eigenvalue weighted by atomic mass is 32.1. The molecular weight excluding hydrogens is 382 g/mol. The van der Waals surface area contributed by atoms with Crippen LogP contribution in [0.15, 0.2) is 60.0 Å². The number of hydrogen-bond donors (Lipinski definition) is 1. The van der Waals surface area contributed by atoms with Gasteiger partial charge < -0.3 is 9.64 Å². The van der Waals surface area contributed by atoms with E-state index in [0.29, 0.717) is 12.3 Å². The number of para-hydroxylation sites is 1. The summed E-state index contributed by atoms with van der Waals surface area (Å²) in [4.78, 5) is 20.8. The van der Waals surface area contributed by atoms with Crippen LogP contribution in [0.25, 0.3) is 11.3 Å². The predicted molar refractivity (Wildman–Crippen MR) is 119 cm³/mol. The first-order chi connectivity index (χ1) is 14.0. The van der Waals surface area contributed by atoms with Crippen molar-refractivity contribution in [2.24, 2.45) is 0 Å². The van der Waals surface area contributed by atoms with Gasteiger partial charge >= 0.3 is 0 Å². The van der Waals surface area contributed by atoms with Crippen LogP contribution in [-0.2, 0) is 4.79 Å². The lowest BCUT2D eigenvalue weighted by atomic mass is 10.1. The van der Waals surface area contributed by atoms with Crippen LogP contribution in [0.4, 0.5) is 5.13 Å². The van der Waals surface area contributed by atoms with Gasteiger partial charge in [-0.2, -0.15) is 0 Å². The van der Waals surface area contributed by atoms with Crippen molar-refractivity contribution in [1.29, 1.82) is 0 Å². The summed E-state index contributed by atoms with van der Waals surface area (Å²) in [6.45, 7) is 3.68. The van der Waals surface area contributed by atoms with E-state index in [-0.39, 0.29) is 12.5 Å².